The van der Waals surface area contributed by atoms with Crippen molar-refractivity contribution in [1.82, 2.24) is 4.37 Å². The van der Waals surface area contributed by atoms with Gasteiger partial charge in [-0.3, -0.25) is 4.79 Å². The molecule has 5 heteroatoms. The van der Waals surface area contributed by atoms with Crippen LogP contribution in [0.3, 0.4) is 0 Å². The van der Waals surface area contributed by atoms with E-state index < -0.39 is 0 Å². The molecule has 0 spiro atoms. The first kappa shape index (κ1) is 10.5. The Hall–Kier alpha value is -1.46. The van der Waals surface area contributed by atoms with Gasteiger partial charge in [0, 0.05) is 5.56 Å². The molecular formula is C13H9NO2S2. The Kier molecular flexibility index (Phi) is 2.19. The summed E-state index contributed by atoms with van der Waals surface area (Å²) >= 11 is 2.96. The topological polar surface area (TPSA) is 43.1 Å². The fraction of sp³-hybridized carbons (Fsp3) is 0.231. The van der Waals surface area contributed by atoms with Crippen LogP contribution in [0.2, 0.25) is 0 Å². The van der Waals surface area contributed by atoms with E-state index in [0.29, 0.717) is 11.3 Å². The van der Waals surface area contributed by atoms with E-state index in [0.717, 1.165) is 34.2 Å². The fourth-order valence-electron chi connectivity index (χ4n) is 2.51. The highest BCUT2D eigenvalue weighted by atomic mass is 32.1. The van der Waals surface area contributed by atoms with Crippen LogP contribution in [0.5, 0.6) is 0 Å². The summed E-state index contributed by atoms with van der Waals surface area (Å²) in [5.74, 6) is 0.559. The predicted octanol–water partition coefficient (Wildman–Crippen LogP) is 3.04. The maximum Gasteiger partial charge on any atom is 0.247 e. The van der Waals surface area contributed by atoms with Gasteiger partial charge in [-0.2, -0.15) is 4.37 Å². The van der Waals surface area contributed by atoms with E-state index in [1.165, 1.54) is 17.1 Å². The van der Waals surface area contributed by atoms with Gasteiger partial charge in [0.15, 0.2) is 5.42 Å². The van der Waals surface area contributed by atoms with Crippen molar-refractivity contribution in [3.05, 3.63) is 48.8 Å². The number of thiophene rings is 1. The first-order valence-corrected chi connectivity index (χ1v) is 7.48. The van der Waals surface area contributed by atoms with E-state index in [9.17, 15) is 4.79 Å². The summed E-state index contributed by atoms with van der Waals surface area (Å²) in [5.41, 5.74) is 2.71. The second-order valence-corrected chi connectivity index (χ2v) is 6.09. The number of aromatic nitrogens is 1. The van der Waals surface area contributed by atoms with Gasteiger partial charge in [-0.15, -0.1) is 11.3 Å². The number of rotatable bonds is 1. The van der Waals surface area contributed by atoms with Crippen molar-refractivity contribution < 1.29 is 4.42 Å². The number of nitrogens with zero attached hydrogens (tertiary/aromatic N) is 1. The second kappa shape index (κ2) is 3.76. The highest BCUT2D eigenvalue weighted by Gasteiger charge is 2.22. The standard InChI is InChI=1S/C13H9NO2S2/c15-10-7-3-1-4-8(7)12-11(10)16-13(14-18-12)9-5-2-6-17-9/h2,5-6H,1,3-4H2. The molecule has 90 valence electrons. The highest BCUT2D eigenvalue weighted by Crippen LogP contribution is 2.27. The molecule has 0 unspecified atom stereocenters. The van der Waals surface area contributed by atoms with Crippen molar-refractivity contribution in [2.75, 3.05) is 0 Å². The van der Waals surface area contributed by atoms with E-state index >= 15 is 0 Å². The van der Waals surface area contributed by atoms with Gasteiger partial charge in [-0.1, -0.05) is 6.07 Å². The maximum absolute atomic E-state index is 12.2. The van der Waals surface area contributed by atoms with E-state index in [2.05, 4.69) is 4.37 Å². The Balaban J connectivity index is 2.06. The van der Waals surface area contributed by atoms with Crippen LogP contribution in [0.4, 0.5) is 0 Å². The second-order valence-electron chi connectivity index (χ2n) is 4.37. The molecule has 0 radical (unpaired) electrons. The van der Waals surface area contributed by atoms with Crippen molar-refractivity contribution >= 4 is 22.9 Å². The molecule has 3 nitrogen and oxygen atoms in total. The Morgan fingerprint density at radius 2 is 2.17 bits per heavy atom. The van der Waals surface area contributed by atoms with E-state index in [-0.39, 0.29) is 5.43 Å². The smallest absolute Gasteiger partial charge is 0.247 e. The van der Waals surface area contributed by atoms with Crippen LogP contribution in [0.25, 0.3) is 10.8 Å². The minimum absolute atomic E-state index is 0.0777. The molecule has 18 heavy (non-hydrogen) atoms. The van der Waals surface area contributed by atoms with Gasteiger partial charge in [0.1, 0.15) is 0 Å². The third-order valence-corrected chi connectivity index (χ3v) is 5.06. The lowest BCUT2D eigenvalue weighted by Gasteiger charge is -1.94. The normalized spacial score (nSPS) is 14.2. The number of hydrogen-bond donors (Lipinski definition) is 0. The lowest BCUT2D eigenvalue weighted by molar-refractivity contribution is 0.521. The van der Waals surface area contributed by atoms with E-state index in [4.69, 9.17) is 4.42 Å². The molecular weight excluding hydrogens is 266 g/mol. The molecule has 0 bridgehead atoms. The minimum atomic E-state index is 0.0777. The van der Waals surface area contributed by atoms with Crippen LogP contribution >= 0.6 is 22.9 Å². The van der Waals surface area contributed by atoms with Gasteiger partial charge in [-0.05, 0) is 47.8 Å². The Morgan fingerprint density at radius 3 is 3.00 bits per heavy atom. The number of fused-ring (bicyclic) bond motifs is 2. The molecule has 1 aromatic rings. The maximum atomic E-state index is 12.2. The molecule has 4 rings (SSSR count). The average molecular weight is 275 g/mol. The molecule has 0 fully saturated rings. The first-order chi connectivity index (χ1) is 8.84. The van der Waals surface area contributed by atoms with Crippen LogP contribution < -0.4 is 5.43 Å². The van der Waals surface area contributed by atoms with Gasteiger partial charge < -0.3 is 4.42 Å². The predicted molar refractivity (Wildman–Crippen MR) is 71.3 cm³/mol. The zero-order valence-corrected chi connectivity index (χ0v) is 11.1. The van der Waals surface area contributed by atoms with Crippen LogP contribution in [0.15, 0.2) is 26.7 Å². The van der Waals surface area contributed by atoms with Crippen LogP contribution in [-0.2, 0) is 12.8 Å². The third kappa shape index (κ3) is 1.34. The quantitative estimate of drug-likeness (QED) is 0.685. The Morgan fingerprint density at radius 1 is 1.28 bits per heavy atom. The lowest BCUT2D eigenvalue weighted by Crippen LogP contribution is -2.02. The summed E-state index contributed by atoms with van der Waals surface area (Å²) in [4.78, 5) is 13.2. The highest BCUT2D eigenvalue weighted by molar-refractivity contribution is 7.13. The summed E-state index contributed by atoms with van der Waals surface area (Å²) in [6.45, 7) is 0. The summed E-state index contributed by atoms with van der Waals surface area (Å²) in [6.07, 6.45) is 2.95. The van der Waals surface area contributed by atoms with Crippen LogP contribution in [0.1, 0.15) is 17.5 Å². The van der Waals surface area contributed by atoms with E-state index in [1.54, 1.807) is 11.3 Å². The van der Waals surface area contributed by atoms with Gasteiger partial charge in [0.25, 0.3) is 0 Å². The largest absolute Gasteiger partial charge is 0.431 e. The van der Waals surface area contributed by atoms with Crippen molar-refractivity contribution in [3.8, 4) is 10.8 Å². The zero-order valence-electron chi connectivity index (χ0n) is 9.43. The molecule has 0 atom stereocenters. The van der Waals surface area contributed by atoms with Crippen molar-refractivity contribution in [1.29, 1.82) is 0 Å². The molecule has 1 aromatic heterocycles. The van der Waals surface area contributed by atoms with Crippen LogP contribution in [0, 0.1) is 9.95 Å². The Bertz CT molecular complexity index is 829. The molecule has 2 heterocycles. The van der Waals surface area contributed by atoms with Gasteiger partial charge >= 0.3 is 0 Å². The summed E-state index contributed by atoms with van der Waals surface area (Å²) < 4.78 is 11.1. The molecule has 0 N–H and O–H groups in total. The molecule has 0 aromatic carbocycles. The van der Waals surface area contributed by atoms with Crippen molar-refractivity contribution in [3.63, 3.8) is 0 Å². The van der Waals surface area contributed by atoms with Gasteiger partial charge in [0.2, 0.25) is 11.3 Å². The first-order valence-electron chi connectivity index (χ1n) is 5.82. The zero-order chi connectivity index (χ0) is 12.1. The fourth-order valence-corrected chi connectivity index (χ4v) is 4.08. The van der Waals surface area contributed by atoms with Crippen molar-refractivity contribution in [2.24, 2.45) is 0 Å². The summed E-state index contributed by atoms with van der Waals surface area (Å²) in [6, 6.07) is 3.91. The van der Waals surface area contributed by atoms with Crippen LogP contribution in [-0.4, -0.2) is 4.37 Å². The molecule has 0 amide bonds. The molecule has 0 saturated carbocycles. The lowest BCUT2D eigenvalue weighted by atomic mass is 10.2. The molecule has 0 saturated heterocycles. The van der Waals surface area contributed by atoms with Crippen molar-refractivity contribution in [2.45, 2.75) is 19.3 Å². The summed E-state index contributed by atoms with van der Waals surface area (Å²) in [7, 11) is 0. The van der Waals surface area contributed by atoms with E-state index in [1.807, 2.05) is 17.5 Å². The third-order valence-electron chi connectivity index (χ3n) is 3.33. The SMILES string of the molecule is O=c1c2c(c3snc(-c4cccs4)oc1=3)CCC2. The molecule has 3 aliphatic rings. The summed E-state index contributed by atoms with van der Waals surface area (Å²) in [5, 5.41) is 1.98. The van der Waals surface area contributed by atoms with Gasteiger partial charge in [0.05, 0.1) is 9.41 Å². The molecule has 2 aliphatic carbocycles. The minimum Gasteiger partial charge on any atom is -0.431 e. The average Bonchev–Trinajstić information content (AvgIpc) is 3.10. The monoisotopic (exact) mass is 275 g/mol. The Labute approximate surface area is 111 Å². The molecule has 1 aliphatic heterocycles. The number of hydrogen-bond acceptors (Lipinski definition) is 5. The van der Waals surface area contributed by atoms with Gasteiger partial charge in [-0.25, -0.2) is 0 Å².